The molecule has 3 N–H and O–H groups in total. The zero-order valence-electron chi connectivity index (χ0n) is 9.38. The summed E-state index contributed by atoms with van der Waals surface area (Å²) in [4.78, 5) is 11.8. The van der Waals surface area contributed by atoms with E-state index in [4.69, 9.17) is 17.3 Å². The van der Waals surface area contributed by atoms with E-state index >= 15 is 0 Å². The lowest BCUT2D eigenvalue weighted by atomic mass is 10.1. The molecule has 0 spiro atoms. The molecule has 2 rings (SSSR count). The van der Waals surface area contributed by atoms with E-state index in [2.05, 4.69) is 19.2 Å². The Kier molecular flexibility index (Phi) is 2.58. The molecule has 1 atom stereocenters. The Morgan fingerprint density at radius 1 is 1.56 bits per heavy atom. The molecule has 1 amide bonds. The Morgan fingerprint density at radius 2 is 2.19 bits per heavy atom. The summed E-state index contributed by atoms with van der Waals surface area (Å²) in [5, 5.41) is 3.40. The van der Waals surface area contributed by atoms with Gasteiger partial charge in [0.1, 0.15) is 0 Å². The van der Waals surface area contributed by atoms with Crippen molar-refractivity contribution in [2.24, 2.45) is 11.3 Å². The molecule has 4 heteroatoms. The van der Waals surface area contributed by atoms with Crippen LogP contribution in [0.1, 0.15) is 20.3 Å². The molecule has 1 aliphatic carbocycles. The van der Waals surface area contributed by atoms with Gasteiger partial charge in [0, 0.05) is 10.9 Å². The van der Waals surface area contributed by atoms with Gasteiger partial charge in [-0.2, -0.15) is 0 Å². The predicted molar refractivity (Wildman–Crippen MR) is 66.4 cm³/mol. The van der Waals surface area contributed by atoms with E-state index in [1.807, 2.05) is 0 Å². The highest BCUT2D eigenvalue weighted by Gasteiger charge is 2.50. The first-order valence-corrected chi connectivity index (χ1v) is 5.64. The highest BCUT2D eigenvalue weighted by atomic mass is 35.5. The molecule has 1 unspecified atom stereocenters. The fourth-order valence-corrected chi connectivity index (χ4v) is 1.96. The molecule has 0 bridgehead atoms. The summed E-state index contributed by atoms with van der Waals surface area (Å²) in [5.74, 6) is 0.140. The second-order valence-electron chi connectivity index (χ2n) is 4.97. The van der Waals surface area contributed by atoms with Crippen molar-refractivity contribution in [1.82, 2.24) is 0 Å². The molecule has 0 heterocycles. The summed E-state index contributed by atoms with van der Waals surface area (Å²) in [6, 6.07) is 5.08. The minimum Gasteiger partial charge on any atom is -0.397 e. The fourth-order valence-electron chi connectivity index (χ4n) is 1.78. The number of hydrogen-bond donors (Lipinski definition) is 2. The first kappa shape index (κ1) is 11.3. The van der Waals surface area contributed by atoms with Crippen molar-refractivity contribution in [2.75, 3.05) is 11.1 Å². The number of nitrogens with two attached hydrogens (primary N) is 1. The summed E-state index contributed by atoms with van der Waals surface area (Å²) in [7, 11) is 0. The summed E-state index contributed by atoms with van der Waals surface area (Å²) in [6.45, 7) is 4.17. The number of anilines is 2. The maximum atomic E-state index is 11.8. The van der Waals surface area contributed by atoms with Crippen LogP contribution in [0.3, 0.4) is 0 Å². The number of nitrogens with one attached hydrogen (secondary N) is 1. The molecule has 16 heavy (non-hydrogen) atoms. The molecule has 1 aromatic carbocycles. The van der Waals surface area contributed by atoms with E-state index in [-0.39, 0.29) is 17.2 Å². The lowest BCUT2D eigenvalue weighted by molar-refractivity contribution is -0.117. The van der Waals surface area contributed by atoms with Crippen molar-refractivity contribution < 1.29 is 4.79 Å². The van der Waals surface area contributed by atoms with Crippen LogP contribution in [0.4, 0.5) is 11.4 Å². The number of rotatable bonds is 2. The summed E-state index contributed by atoms with van der Waals surface area (Å²) in [6.07, 6.45) is 0.937. The highest BCUT2D eigenvalue weighted by Crippen LogP contribution is 2.52. The van der Waals surface area contributed by atoms with Gasteiger partial charge in [0.15, 0.2) is 0 Å². The molecule has 86 valence electrons. The number of hydrogen-bond acceptors (Lipinski definition) is 2. The number of carbonyl (C=O) groups excluding carboxylic acids is 1. The van der Waals surface area contributed by atoms with Crippen molar-refractivity contribution in [3.8, 4) is 0 Å². The van der Waals surface area contributed by atoms with Crippen molar-refractivity contribution in [2.45, 2.75) is 20.3 Å². The molecule has 1 saturated carbocycles. The van der Waals surface area contributed by atoms with E-state index in [0.29, 0.717) is 16.4 Å². The topological polar surface area (TPSA) is 55.1 Å². The maximum absolute atomic E-state index is 11.8. The Balaban J connectivity index is 2.07. The monoisotopic (exact) mass is 238 g/mol. The average molecular weight is 239 g/mol. The first-order chi connectivity index (χ1) is 7.40. The lowest BCUT2D eigenvalue weighted by Gasteiger charge is -2.09. The average Bonchev–Trinajstić information content (AvgIpc) is 2.80. The summed E-state index contributed by atoms with van der Waals surface area (Å²) < 4.78 is 0. The van der Waals surface area contributed by atoms with Gasteiger partial charge < -0.3 is 11.1 Å². The van der Waals surface area contributed by atoms with Gasteiger partial charge in [0.25, 0.3) is 0 Å². The van der Waals surface area contributed by atoms with Crippen LogP contribution in [-0.2, 0) is 4.79 Å². The Labute approximate surface area is 100.0 Å². The van der Waals surface area contributed by atoms with Crippen LogP contribution >= 0.6 is 11.6 Å². The van der Waals surface area contributed by atoms with Crippen molar-refractivity contribution >= 4 is 28.9 Å². The van der Waals surface area contributed by atoms with Gasteiger partial charge in [-0.05, 0) is 30.0 Å². The van der Waals surface area contributed by atoms with E-state index in [1.54, 1.807) is 18.2 Å². The molecule has 3 nitrogen and oxygen atoms in total. The number of carbonyl (C=O) groups is 1. The number of halogens is 1. The van der Waals surface area contributed by atoms with Gasteiger partial charge in [0.05, 0.1) is 11.4 Å². The van der Waals surface area contributed by atoms with Crippen LogP contribution in [0.15, 0.2) is 18.2 Å². The Bertz CT molecular complexity index is 443. The molecule has 0 aromatic heterocycles. The van der Waals surface area contributed by atoms with E-state index in [9.17, 15) is 4.79 Å². The SMILES string of the molecule is CC1(C)CC1C(=O)Nc1ccc(Cl)cc1N. The van der Waals surface area contributed by atoms with Crippen molar-refractivity contribution in [3.63, 3.8) is 0 Å². The second kappa shape index (κ2) is 3.67. The smallest absolute Gasteiger partial charge is 0.228 e. The zero-order valence-corrected chi connectivity index (χ0v) is 10.1. The number of benzene rings is 1. The van der Waals surface area contributed by atoms with Gasteiger partial charge >= 0.3 is 0 Å². The summed E-state index contributed by atoms with van der Waals surface area (Å²) in [5.41, 5.74) is 7.02. The summed E-state index contributed by atoms with van der Waals surface area (Å²) >= 11 is 5.78. The van der Waals surface area contributed by atoms with Gasteiger partial charge in [-0.3, -0.25) is 4.79 Å². The Morgan fingerprint density at radius 3 is 2.69 bits per heavy atom. The minimum absolute atomic E-state index is 0.0408. The minimum atomic E-state index is 0.0408. The molecule has 1 fully saturated rings. The van der Waals surface area contributed by atoms with Gasteiger partial charge in [-0.1, -0.05) is 25.4 Å². The van der Waals surface area contributed by atoms with Gasteiger partial charge in [0.2, 0.25) is 5.91 Å². The zero-order chi connectivity index (χ0) is 11.9. The quantitative estimate of drug-likeness (QED) is 0.779. The van der Waals surface area contributed by atoms with Crippen molar-refractivity contribution in [3.05, 3.63) is 23.2 Å². The molecular weight excluding hydrogens is 224 g/mol. The first-order valence-electron chi connectivity index (χ1n) is 5.26. The molecule has 0 aliphatic heterocycles. The van der Waals surface area contributed by atoms with E-state index < -0.39 is 0 Å². The fraction of sp³-hybridized carbons (Fsp3) is 0.417. The van der Waals surface area contributed by atoms with Gasteiger partial charge in [-0.25, -0.2) is 0 Å². The van der Waals surface area contributed by atoms with Crippen LogP contribution in [0.5, 0.6) is 0 Å². The molecular formula is C12H15ClN2O. The molecule has 1 aromatic rings. The third-order valence-electron chi connectivity index (χ3n) is 3.10. The normalized spacial score (nSPS) is 21.6. The largest absolute Gasteiger partial charge is 0.397 e. The predicted octanol–water partition coefficient (Wildman–Crippen LogP) is 2.91. The highest BCUT2D eigenvalue weighted by molar-refractivity contribution is 6.31. The third-order valence-corrected chi connectivity index (χ3v) is 3.34. The molecule has 0 radical (unpaired) electrons. The van der Waals surface area contributed by atoms with E-state index in [1.165, 1.54) is 0 Å². The second-order valence-corrected chi connectivity index (χ2v) is 5.40. The van der Waals surface area contributed by atoms with Gasteiger partial charge in [-0.15, -0.1) is 0 Å². The lowest BCUT2D eigenvalue weighted by Crippen LogP contribution is -2.17. The molecule has 1 aliphatic rings. The van der Waals surface area contributed by atoms with E-state index in [0.717, 1.165) is 6.42 Å². The van der Waals surface area contributed by atoms with Crippen LogP contribution in [0.2, 0.25) is 5.02 Å². The van der Waals surface area contributed by atoms with Crippen LogP contribution in [-0.4, -0.2) is 5.91 Å². The standard InChI is InChI=1S/C12H15ClN2O/c1-12(2)6-8(12)11(16)15-10-4-3-7(13)5-9(10)14/h3-5,8H,6,14H2,1-2H3,(H,15,16). The van der Waals surface area contributed by atoms with Crippen LogP contribution in [0, 0.1) is 11.3 Å². The van der Waals surface area contributed by atoms with Crippen molar-refractivity contribution in [1.29, 1.82) is 0 Å². The van der Waals surface area contributed by atoms with Crippen LogP contribution < -0.4 is 11.1 Å². The number of amides is 1. The third kappa shape index (κ3) is 2.14. The Hall–Kier alpha value is -1.22. The number of nitrogen functional groups attached to an aromatic ring is 1. The maximum Gasteiger partial charge on any atom is 0.228 e. The van der Waals surface area contributed by atoms with Crippen LogP contribution in [0.25, 0.3) is 0 Å². The molecule has 0 saturated heterocycles.